The summed E-state index contributed by atoms with van der Waals surface area (Å²) >= 11 is 0. The van der Waals surface area contributed by atoms with E-state index < -0.39 is 0 Å². The van der Waals surface area contributed by atoms with E-state index in [0.717, 1.165) is 19.4 Å². The molecule has 1 amide bonds. The van der Waals surface area contributed by atoms with Gasteiger partial charge in [0.2, 0.25) is 0 Å². The predicted octanol–water partition coefficient (Wildman–Crippen LogP) is 3.87. The average Bonchev–Trinajstić information content (AvgIpc) is 2.65. The molecule has 5 nitrogen and oxygen atoms in total. The van der Waals surface area contributed by atoms with Crippen molar-refractivity contribution < 1.29 is 14.3 Å². The molecule has 0 saturated carbocycles. The highest BCUT2D eigenvalue weighted by Gasteiger charge is 2.17. The van der Waals surface area contributed by atoms with Crippen molar-refractivity contribution in [3.63, 3.8) is 0 Å². The van der Waals surface area contributed by atoms with E-state index in [1.807, 2.05) is 13.0 Å². The highest BCUT2D eigenvalue weighted by molar-refractivity contribution is 5.94. The summed E-state index contributed by atoms with van der Waals surface area (Å²) in [5.41, 5.74) is 0.614. The number of rotatable bonds is 10. The van der Waals surface area contributed by atoms with E-state index >= 15 is 0 Å². The molecule has 1 saturated heterocycles. The summed E-state index contributed by atoms with van der Waals surface area (Å²) in [7, 11) is 0. The third-order valence-corrected chi connectivity index (χ3v) is 4.82. The van der Waals surface area contributed by atoms with Gasteiger partial charge in [0.25, 0.3) is 5.91 Å². The lowest BCUT2D eigenvalue weighted by molar-refractivity contribution is 0.0948. The molecule has 1 heterocycles. The molecule has 1 aliphatic rings. The molecule has 1 aromatic rings. The molecular formula is C21H34N2O3. The van der Waals surface area contributed by atoms with Crippen molar-refractivity contribution in [1.82, 2.24) is 10.2 Å². The summed E-state index contributed by atoms with van der Waals surface area (Å²) in [6, 6.07) is 6.07. The zero-order chi connectivity index (χ0) is 18.8. The first-order chi connectivity index (χ1) is 12.7. The fraction of sp³-hybridized carbons (Fsp3) is 0.667. The van der Waals surface area contributed by atoms with Gasteiger partial charge in [0.15, 0.2) is 11.5 Å². The standard InChI is InChI=1S/C21H34N2O3/c1-4-15-26-19-11-10-18(16-20(19)25-5-2)21(24)22-12-8-14-23-13-7-6-9-17(23)3/h10-11,16-17H,4-9,12-15H2,1-3H3,(H,22,24). The van der Waals surface area contributed by atoms with Crippen LogP contribution in [0.4, 0.5) is 0 Å². The Bertz CT molecular complexity index is 562. The van der Waals surface area contributed by atoms with Gasteiger partial charge in [-0.25, -0.2) is 0 Å². The summed E-state index contributed by atoms with van der Waals surface area (Å²) in [6.07, 6.45) is 5.84. The van der Waals surface area contributed by atoms with E-state index in [2.05, 4.69) is 24.1 Å². The molecule has 0 radical (unpaired) electrons. The molecular weight excluding hydrogens is 328 g/mol. The van der Waals surface area contributed by atoms with E-state index in [1.54, 1.807) is 12.1 Å². The van der Waals surface area contributed by atoms with Gasteiger partial charge in [-0.05, 0) is 64.3 Å². The van der Waals surface area contributed by atoms with Crippen LogP contribution in [0.25, 0.3) is 0 Å². The van der Waals surface area contributed by atoms with Gasteiger partial charge < -0.3 is 19.7 Å². The first-order valence-corrected chi connectivity index (χ1v) is 10.1. The fourth-order valence-electron chi connectivity index (χ4n) is 3.32. The number of amides is 1. The SMILES string of the molecule is CCCOc1ccc(C(=O)NCCCN2CCCCC2C)cc1OCC. The number of ether oxygens (including phenoxy) is 2. The normalized spacial score (nSPS) is 17.7. The zero-order valence-corrected chi connectivity index (χ0v) is 16.6. The smallest absolute Gasteiger partial charge is 0.251 e. The molecule has 1 aliphatic heterocycles. The van der Waals surface area contributed by atoms with Crippen molar-refractivity contribution in [1.29, 1.82) is 0 Å². The van der Waals surface area contributed by atoms with Crippen LogP contribution in [-0.2, 0) is 0 Å². The molecule has 1 fully saturated rings. The van der Waals surface area contributed by atoms with Crippen molar-refractivity contribution in [2.75, 3.05) is 32.8 Å². The highest BCUT2D eigenvalue weighted by atomic mass is 16.5. The minimum Gasteiger partial charge on any atom is -0.490 e. The average molecular weight is 363 g/mol. The van der Waals surface area contributed by atoms with Gasteiger partial charge in [-0.3, -0.25) is 4.79 Å². The van der Waals surface area contributed by atoms with Crippen molar-refractivity contribution >= 4 is 5.91 Å². The maximum atomic E-state index is 12.4. The molecule has 1 unspecified atom stereocenters. The molecule has 0 spiro atoms. The van der Waals surface area contributed by atoms with Gasteiger partial charge in [-0.2, -0.15) is 0 Å². The Morgan fingerprint density at radius 2 is 2.08 bits per heavy atom. The Morgan fingerprint density at radius 3 is 2.81 bits per heavy atom. The Labute approximate surface area is 158 Å². The molecule has 5 heteroatoms. The molecule has 146 valence electrons. The maximum Gasteiger partial charge on any atom is 0.251 e. The number of piperidine rings is 1. The Balaban J connectivity index is 1.83. The predicted molar refractivity (Wildman–Crippen MR) is 105 cm³/mol. The monoisotopic (exact) mass is 362 g/mol. The van der Waals surface area contributed by atoms with Crippen LogP contribution < -0.4 is 14.8 Å². The van der Waals surface area contributed by atoms with Crippen LogP contribution >= 0.6 is 0 Å². The number of nitrogens with zero attached hydrogens (tertiary/aromatic N) is 1. The van der Waals surface area contributed by atoms with Crippen molar-refractivity contribution in [3.05, 3.63) is 23.8 Å². The Hall–Kier alpha value is -1.75. The molecule has 0 bridgehead atoms. The number of hydrogen-bond acceptors (Lipinski definition) is 4. The molecule has 26 heavy (non-hydrogen) atoms. The number of hydrogen-bond donors (Lipinski definition) is 1. The van der Waals surface area contributed by atoms with Gasteiger partial charge in [0.1, 0.15) is 0 Å². The second kappa shape index (κ2) is 11.1. The summed E-state index contributed by atoms with van der Waals surface area (Å²) in [6.45, 7) is 10.4. The maximum absolute atomic E-state index is 12.4. The van der Waals surface area contributed by atoms with Gasteiger partial charge in [-0.1, -0.05) is 13.3 Å². The summed E-state index contributed by atoms with van der Waals surface area (Å²) < 4.78 is 11.3. The lowest BCUT2D eigenvalue weighted by atomic mass is 10.0. The van der Waals surface area contributed by atoms with Crippen LogP contribution in [0.3, 0.4) is 0 Å². The van der Waals surface area contributed by atoms with E-state index in [0.29, 0.717) is 42.9 Å². The third kappa shape index (κ3) is 6.20. The zero-order valence-electron chi connectivity index (χ0n) is 16.6. The van der Waals surface area contributed by atoms with Crippen LogP contribution in [-0.4, -0.2) is 49.7 Å². The third-order valence-electron chi connectivity index (χ3n) is 4.82. The second-order valence-electron chi connectivity index (χ2n) is 6.93. The molecule has 1 aromatic carbocycles. The Kier molecular flexibility index (Phi) is 8.75. The van der Waals surface area contributed by atoms with Gasteiger partial charge >= 0.3 is 0 Å². The lowest BCUT2D eigenvalue weighted by Gasteiger charge is -2.33. The first kappa shape index (κ1) is 20.6. The summed E-state index contributed by atoms with van der Waals surface area (Å²) in [4.78, 5) is 15.0. The van der Waals surface area contributed by atoms with Gasteiger partial charge in [0.05, 0.1) is 13.2 Å². The highest BCUT2D eigenvalue weighted by Crippen LogP contribution is 2.28. The minimum atomic E-state index is -0.0558. The first-order valence-electron chi connectivity index (χ1n) is 10.1. The molecule has 0 aliphatic carbocycles. The topological polar surface area (TPSA) is 50.8 Å². The van der Waals surface area contributed by atoms with Crippen LogP contribution in [0.5, 0.6) is 11.5 Å². The van der Waals surface area contributed by atoms with E-state index in [1.165, 1.54) is 25.8 Å². The van der Waals surface area contributed by atoms with E-state index in [9.17, 15) is 4.79 Å². The summed E-state index contributed by atoms with van der Waals surface area (Å²) in [5.74, 6) is 1.28. The van der Waals surface area contributed by atoms with Crippen molar-refractivity contribution in [2.45, 2.75) is 58.9 Å². The number of benzene rings is 1. The Morgan fingerprint density at radius 1 is 1.23 bits per heavy atom. The molecule has 1 atom stereocenters. The van der Waals surface area contributed by atoms with E-state index in [4.69, 9.17) is 9.47 Å². The van der Waals surface area contributed by atoms with Crippen LogP contribution in [0.15, 0.2) is 18.2 Å². The second-order valence-corrected chi connectivity index (χ2v) is 6.93. The number of likely N-dealkylation sites (tertiary alicyclic amines) is 1. The van der Waals surface area contributed by atoms with Gasteiger partial charge in [-0.15, -0.1) is 0 Å². The van der Waals surface area contributed by atoms with E-state index in [-0.39, 0.29) is 5.91 Å². The molecule has 2 rings (SSSR count). The minimum absolute atomic E-state index is 0.0558. The molecule has 1 N–H and O–H groups in total. The van der Waals surface area contributed by atoms with Gasteiger partial charge in [0, 0.05) is 24.7 Å². The van der Waals surface area contributed by atoms with Crippen LogP contribution in [0.1, 0.15) is 63.2 Å². The largest absolute Gasteiger partial charge is 0.490 e. The quantitative estimate of drug-likeness (QED) is 0.642. The van der Waals surface area contributed by atoms with Crippen molar-refractivity contribution in [3.8, 4) is 11.5 Å². The fourth-order valence-corrected chi connectivity index (χ4v) is 3.32. The number of nitrogens with one attached hydrogen (secondary N) is 1. The van der Waals surface area contributed by atoms with Crippen LogP contribution in [0, 0.1) is 0 Å². The number of carbonyl (C=O) groups is 1. The number of carbonyl (C=O) groups excluding carboxylic acids is 1. The van der Waals surface area contributed by atoms with Crippen LogP contribution in [0.2, 0.25) is 0 Å². The molecule has 0 aromatic heterocycles. The summed E-state index contributed by atoms with van der Waals surface area (Å²) in [5, 5.41) is 3.02. The van der Waals surface area contributed by atoms with Crippen molar-refractivity contribution in [2.24, 2.45) is 0 Å². The lowest BCUT2D eigenvalue weighted by Crippen LogP contribution is -2.39.